The summed E-state index contributed by atoms with van der Waals surface area (Å²) in [5, 5.41) is 2.76. The van der Waals surface area contributed by atoms with Gasteiger partial charge in [0.2, 0.25) is 11.8 Å². The molecule has 1 saturated heterocycles. The van der Waals surface area contributed by atoms with Crippen LogP contribution in [0.1, 0.15) is 33.1 Å². The van der Waals surface area contributed by atoms with Crippen molar-refractivity contribution in [3.05, 3.63) is 0 Å². The van der Waals surface area contributed by atoms with E-state index in [-0.39, 0.29) is 18.4 Å². The van der Waals surface area contributed by atoms with Crippen LogP contribution in [-0.2, 0) is 14.3 Å². The number of hydrogen-bond donors (Lipinski definition) is 2. The standard InChI is InChI=1S/C14H27N3O3/c1-3-16-14(19)12-10-20-9-8-17(12)13(18)5-4-11(2)6-7-15/h11-12H,3-10,15H2,1-2H3,(H,16,19). The first-order valence-corrected chi connectivity index (χ1v) is 7.45. The van der Waals surface area contributed by atoms with Gasteiger partial charge >= 0.3 is 0 Å². The molecule has 2 amide bonds. The molecule has 116 valence electrons. The molecule has 0 spiro atoms. The highest BCUT2D eigenvalue weighted by molar-refractivity contribution is 5.88. The van der Waals surface area contributed by atoms with Crippen molar-refractivity contribution in [2.45, 2.75) is 39.2 Å². The van der Waals surface area contributed by atoms with Crippen molar-refractivity contribution in [3.63, 3.8) is 0 Å². The van der Waals surface area contributed by atoms with Crippen LogP contribution in [-0.4, -0.2) is 55.6 Å². The molecule has 20 heavy (non-hydrogen) atoms. The molecular formula is C14H27N3O3. The molecule has 1 heterocycles. The third kappa shape index (κ3) is 5.09. The number of nitrogens with two attached hydrogens (primary N) is 1. The zero-order valence-corrected chi connectivity index (χ0v) is 12.6. The number of carbonyl (C=O) groups is 2. The van der Waals surface area contributed by atoms with Gasteiger partial charge in [0.1, 0.15) is 6.04 Å². The second-order valence-electron chi connectivity index (χ2n) is 5.29. The van der Waals surface area contributed by atoms with Crippen molar-refractivity contribution >= 4 is 11.8 Å². The fourth-order valence-electron chi connectivity index (χ4n) is 2.35. The molecule has 6 nitrogen and oxygen atoms in total. The van der Waals surface area contributed by atoms with Crippen LogP contribution in [0.15, 0.2) is 0 Å². The molecule has 2 atom stereocenters. The second kappa shape index (κ2) is 8.92. The Morgan fingerprint density at radius 3 is 2.85 bits per heavy atom. The molecule has 1 aliphatic rings. The van der Waals surface area contributed by atoms with E-state index >= 15 is 0 Å². The monoisotopic (exact) mass is 285 g/mol. The molecule has 6 heteroatoms. The van der Waals surface area contributed by atoms with Gasteiger partial charge in [0.25, 0.3) is 0 Å². The van der Waals surface area contributed by atoms with Crippen molar-refractivity contribution in [1.82, 2.24) is 10.2 Å². The fraction of sp³-hybridized carbons (Fsp3) is 0.857. The van der Waals surface area contributed by atoms with Crippen LogP contribution in [0, 0.1) is 5.92 Å². The van der Waals surface area contributed by atoms with Crippen molar-refractivity contribution in [2.75, 3.05) is 32.8 Å². The maximum atomic E-state index is 12.3. The van der Waals surface area contributed by atoms with Gasteiger partial charge in [-0.15, -0.1) is 0 Å². The van der Waals surface area contributed by atoms with Crippen molar-refractivity contribution < 1.29 is 14.3 Å². The maximum Gasteiger partial charge on any atom is 0.245 e. The molecule has 0 saturated carbocycles. The van der Waals surface area contributed by atoms with Crippen LogP contribution in [0.3, 0.4) is 0 Å². The van der Waals surface area contributed by atoms with E-state index < -0.39 is 6.04 Å². The number of carbonyl (C=O) groups excluding carboxylic acids is 2. The highest BCUT2D eigenvalue weighted by Gasteiger charge is 2.32. The smallest absolute Gasteiger partial charge is 0.245 e. The summed E-state index contributed by atoms with van der Waals surface area (Å²) in [4.78, 5) is 25.9. The topological polar surface area (TPSA) is 84.7 Å². The Morgan fingerprint density at radius 2 is 2.20 bits per heavy atom. The van der Waals surface area contributed by atoms with E-state index in [9.17, 15) is 9.59 Å². The maximum absolute atomic E-state index is 12.3. The summed E-state index contributed by atoms with van der Waals surface area (Å²) < 4.78 is 5.32. The molecule has 3 N–H and O–H groups in total. The number of nitrogens with one attached hydrogen (secondary N) is 1. The Labute approximate surface area is 121 Å². The molecule has 2 unspecified atom stereocenters. The molecular weight excluding hydrogens is 258 g/mol. The van der Waals surface area contributed by atoms with Crippen LogP contribution < -0.4 is 11.1 Å². The van der Waals surface area contributed by atoms with Gasteiger partial charge in [0.05, 0.1) is 13.2 Å². The average molecular weight is 285 g/mol. The molecule has 0 bridgehead atoms. The normalized spacial score (nSPS) is 20.6. The third-order valence-corrected chi connectivity index (χ3v) is 3.61. The molecule has 0 aliphatic carbocycles. The number of likely N-dealkylation sites (N-methyl/N-ethyl adjacent to an activating group) is 1. The Morgan fingerprint density at radius 1 is 1.45 bits per heavy atom. The summed E-state index contributed by atoms with van der Waals surface area (Å²) in [5.41, 5.74) is 5.51. The minimum Gasteiger partial charge on any atom is -0.377 e. The number of amides is 2. The van der Waals surface area contributed by atoms with Crippen LogP contribution in [0.25, 0.3) is 0 Å². The van der Waals surface area contributed by atoms with Gasteiger partial charge in [-0.2, -0.15) is 0 Å². The van der Waals surface area contributed by atoms with Crippen molar-refractivity contribution in [3.8, 4) is 0 Å². The number of hydrogen-bond acceptors (Lipinski definition) is 4. The zero-order valence-electron chi connectivity index (χ0n) is 12.6. The van der Waals surface area contributed by atoms with E-state index in [1.54, 1.807) is 4.90 Å². The minimum absolute atomic E-state index is 0.0356. The van der Waals surface area contributed by atoms with Gasteiger partial charge in [-0.25, -0.2) is 0 Å². The summed E-state index contributed by atoms with van der Waals surface area (Å²) in [7, 11) is 0. The number of nitrogens with zero attached hydrogens (tertiary/aromatic N) is 1. The zero-order chi connectivity index (χ0) is 15.0. The predicted octanol–water partition coefficient (Wildman–Crippen LogP) is 0.115. The Kier molecular flexibility index (Phi) is 7.54. The quantitative estimate of drug-likeness (QED) is 0.695. The Hall–Kier alpha value is -1.14. The summed E-state index contributed by atoms with van der Waals surface area (Å²) in [6, 6.07) is -0.485. The van der Waals surface area contributed by atoms with Gasteiger partial charge in [0, 0.05) is 19.5 Å². The molecule has 1 rings (SSSR count). The van der Waals surface area contributed by atoms with Gasteiger partial charge < -0.3 is 20.7 Å². The lowest BCUT2D eigenvalue weighted by atomic mass is 10.0. The van der Waals surface area contributed by atoms with Gasteiger partial charge in [0.15, 0.2) is 0 Å². The lowest BCUT2D eigenvalue weighted by Crippen LogP contribution is -2.55. The van der Waals surface area contributed by atoms with Crippen molar-refractivity contribution in [2.24, 2.45) is 11.7 Å². The molecule has 0 aromatic heterocycles. The third-order valence-electron chi connectivity index (χ3n) is 3.61. The van der Waals surface area contributed by atoms with Crippen LogP contribution >= 0.6 is 0 Å². The van der Waals surface area contributed by atoms with Crippen LogP contribution in [0.4, 0.5) is 0 Å². The fourth-order valence-corrected chi connectivity index (χ4v) is 2.35. The highest BCUT2D eigenvalue weighted by atomic mass is 16.5. The predicted molar refractivity (Wildman–Crippen MR) is 77.1 cm³/mol. The molecule has 0 aromatic carbocycles. The summed E-state index contributed by atoms with van der Waals surface area (Å²) >= 11 is 0. The van der Waals surface area contributed by atoms with E-state index in [4.69, 9.17) is 10.5 Å². The number of ether oxygens (including phenoxy) is 1. The second-order valence-corrected chi connectivity index (χ2v) is 5.29. The lowest BCUT2D eigenvalue weighted by Gasteiger charge is -2.34. The number of morpholine rings is 1. The van der Waals surface area contributed by atoms with E-state index in [1.807, 2.05) is 6.92 Å². The molecule has 0 aromatic rings. The first-order valence-electron chi connectivity index (χ1n) is 7.45. The highest BCUT2D eigenvalue weighted by Crippen LogP contribution is 2.14. The summed E-state index contributed by atoms with van der Waals surface area (Å²) in [6.07, 6.45) is 2.21. The lowest BCUT2D eigenvalue weighted by molar-refractivity contribution is -0.148. The van der Waals surface area contributed by atoms with E-state index in [2.05, 4.69) is 12.2 Å². The Bertz CT molecular complexity index is 323. The van der Waals surface area contributed by atoms with Gasteiger partial charge in [-0.1, -0.05) is 6.92 Å². The van der Waals surface area contributed by atoms with E-state index in [1.165, 1.54) is 0 Å². The SMILES string of the molecule is CCNC(=O)C1COCCN1C(=O)CCC(C)CCN. The first kappa shape index (κ1) is 16.9. The summed E-state index contributed by atoms with van der Waals surface area (Å²) in [5.74, 6) is 0.344. The van der Waals surface area contributed by atoms with Crippen LogP contribution in [0.2, 0.25) is 0 Å². The summed E-state index contributed by atoms with van der Waals surface area (Å²) in [6.45, 7) is 6.45. The average Bonchev–Trinajstić information content (AvgIpc) is 2.45. The Balaban J connectivity index is 2.51. The van der Waals surface area contributed by atoms with E-state index in [0.29, 0.717) is 38.6 Å². The first-order chi connectivity index (χ1) is 9.60. The molecule has 1 aliphatic heterocycles. The molecule has 1 fully saturated rings. The van der Waals surface area contributed by atoms with Crippen molar-refractivity contribution in [1.29, 1.82) is 0 Å². The largest absolute Gasteiger partial charge is 0.377 e. The minimum atomic E-state index is -0.485. The van der Waals surface area contributed by atoms with Gasteiger partial charge in [-0.3, -0.25) is 9.59 Å². The molecule has 0 radical (unpaired) electrons. The van der Waals surface area contributed by atoms with E-state index in [0.717, 1.165) is 12.8 Å². The van der Waals surface area contributed by atoms with Gasteiger partial charge in [-0.05, 0) is 32.2 Å². The number of rotatable bonds is 7. The van der Waals surface area contributed by atoms with Crippen LogP contribution in [0.5, 0.6) is 0 Å².